The highest BCUT2D eigenvalue weighted by atomic mass is 16.3. The predicted molar refractivity (Wildman–Crippen MR) is 102 cm³/mol. The van der Waals surface area contributed by atoms with E-state index in [9.17, 15) is 15.3 Å². The van der Waals surface area contributed by atoms with Gasteiger partial charge >= 0.3 is 0 Å². The molecule has 1 aliphatic rings. The second kappa shape index (κ2) is 6.57. The van der Waals surface area contributed by atoms with Crippen LogP contribution in [-0.2, 0) is 5.41 Å². The van der Waals surface area contributed by atoms with E-state index in [4.69, 9.17) is 6.42 Å². The Balaban J connectivity index is 2.84. The van der Waals surface area contributed by atoms with E-state index in [1.165, 1.54) is 0 Å². The lowest BCUT2D eigenvalue weighted by molar-refractivity contribution is 0.0880. The molecule has 3 atom stereocenters. The van der Waals surface area contributed by atoms with Crippen molar-refractivity contribution in [3.05, 3.63) is 22.8 Å². The Hall–Kier alpha value is -1.66. The van der Waals surface area contributed by atoms with E-state index in [0.29, 0.717) is 16.7 Å². The predicted octanol–water partition coefficient (Wildman–Crippen LogP) is 4.99. The molecule has 0 aromatic heterocycles. The summed E-state index contributed by atoms with van der Waals surface area (Å²) in [6, 6.07) is 1.81. The van der Waals surface area contributed by atoms with E-state index in [1.807, 2.05) is 19.9 Å². The molecule has 0 bridgehead atoms. The monoisotopic (exact) mass is 344 g/mol. The van der Waals surface area contributed by atoms with Crippen LogP contribution in [0.1, 0.15) is 89.5 Å². The Morgan fingerprint density at radius 2 is 1.72 bits per heavy atom. The molecule has 25 heavy (non-hydrogen) atoms. The number of phenols is 2. The third-order valence-electron chi connectivity index (χ3n) is 6.41. The van der Waals surface area contributed by atoms with Gasteiger partial charge in [0.05, 0.1) is 11.5 Å². The minimum Gasteiger partial charge on any atom is -0.504 e. The zero-order valence-electron chi connectivity index (χ0n) is 16.3. The first-order valence-electron chi connectivity index (χ1n) is 9.24. The summed E-state index contributed by atoms with van der Waals surface area (Å²) in [5.74, 6) is 2.83. The van der Waals surface area contributed by atoms with Crippen LogP contribution in [0.2, 0.25) is 0 Å². The van der Waals surface area contributed by atoms with Crippen LogP contribution in [0.25, 0.3) is 0 Å². The van der Waals surface area contributed by atoms with Crippen molar-refractivity contribution in [1.29, 1.82) is 0 Å². The molecule has 1 aliphatic carbocycles. The van der Waals surface area contributed by atoms with Gasteiger partial charge in [0.25, 0.3) is 0 Å². The smallest absolute Gasteiger partial charge is 0.162 e. The molecular formula is C22H32O3. The van der Waals surface area contributed by atoms with Crippen molar-refractivity contribution in [3.8, 4) is 23.8 Å². The van der Waals surface area contributed by atoms with Crippen molar-refractivity contribution in [1.82, 2.24) is 0 Å². The van der Waals surface area contributed by atoms with E-state index in [2.05, 4.69) is 26.7 Å². The van der Waals surface area contributed by atoms with Gasteiger partial charge in [0.2, 0.25) is 0 Å². The molecule has 1 aromatic rings. The molecule has 0 amide bonds. The van der Waals surface area contributed by atoms with Crippen molar-refractivity contribution >= 4 is 0 Å². The summed E-state index contributed by atoms with van der Waals surface area (Å²) in [7, 11) is 0. The average Bonchev–Trinajstić information content (AvgIpc) is 2.52. The van der Waals surface area contributed by atoms with Crippen molar-refractivity contribution in [2.24, 2.45) is 11.3 Å². The van der Waals surface area contributed by atoms with Crippen LogP contribution < -0.4 is 0 Å². The topological polar surface area (TPSA) is 60.7 Å². The van der Waals surface area contributed by atoms with E-state index in [-0.39, 0.29) is 28.7 Å². The Labute approximate surface area is 152 Å². The largest absolute Gasteiger partial charge is 0.504 e. The first-order chi connectivity index (χ1) is 11.5. The van der Waals surface area contributed by atoms with Gasteiger partial charge in [-0.2, -0.15) is 0 Å². The number of benzene rings is 1. The average molecular weight is 344 g/mol. The molecule has 3 unspecified atom stereocenters. The Bertz CT molecular complexity index is 694. The van der Waals surface area contributed by atoms with Gasteiger partial charge in [-0.3, -0.25) is 0 Å². The Morgan fingerprint density at radius 3 is 2.20 bits per heavy atom. The Kier molecular flexibility index (Phi) is 5.17. The van der Waals surface area contributed by atoms with E-state index < -0.39 is 11.5 Å². The molecule has 3 N–H and O–H groups in total. The second-order valence-electron chi connectivity index (χ2n) is 8.64. The molecule has 2 rings (SSSR count). The normalized spacial score (nSPS) is 27.1. The molecule has 1 saturated carbocycles. The fourth-order valence-corrected chi connectivity index (χ4v) is 4.47. The van der Waals surface area contributed by atoms with Gasteiger partial charge < -0.3 is 15.3 Å². The van der Waals surface area contributed by atoms with Crippen LogP contribution in [0.3, 0.4) is 0 Å². The molecule has 0 saturated heterocycles. The van der Waals surface area contributed by atoms with Crippen LogP contribution in [0.5, 0.6) is 11.5 Å². The number of hydrogen-bond donors (Lipinski definition) is 3. The highest BCUT2D eigenvalue weighted by Gasteiger charge is 2.50. The summed E-state index contributed by atoms with van der Waals surface area (Å²) in [6.45, 7) is 12.1. The molecule has 0 heterocycles. The molecule has 3 nitrogen and oxygen atoms in total. The van der Waals surface area contributed by atoms with Gasteiger partial charge in [0, 0.05) is 11.1 Å². The highest BCUT2D eigenvalue weighted by Crippen LogP contribution is 2.57. The maximum Gasteiger partial charge on any atom is 0.162 e. The third kappa shape index (κ3) is 3.02. The summed E-state index contributed by atoms with van der Waals surface area (Å²) in [6.07, 6.45) is 8.02. The highest BCUT2D eigenvalue weighted by molar-refractivity contribution is 5.61. The molecule has 3 heteroatoms. The molecule has 138 valence electrons. The first-order valence-corrected chi connectivity index (χ1v) is 9.24. The maximum absolute atomic E-state index is 10.9. The fraction of sp³-hybridized carbons (Fsp3) is 0.636. The van der Waals surface area contributed by atoms with Crippen LogP contribution in [0.4, 0.5) is 0 Å². The van der Waals surface area contributed by atoms with Crippen molar-refractivity contribution in [2.75, 3.05) is 0 Å². The minimum atomic E-state index is -0.776. The molecule has 0 radical (unpaired) electrons. The number of aliphatic hydroxyl groups excluding tert-OH is 1. The van der Waals surface area contributed by atoms with Gasteiger partial charge in [0.1, 0.15) is 0 Å². The van der Waals surface area contributed by atoms with Crippen LogP contribution in [0, 0.1) is 23.7 Å². The number of terminal acetylenes is 1. The molecule has 0 aliphatic heterocycles. The SMILES string of the molecule is C#CC1(c2c(C(C)O)cc(C(C)C)c(O)c2O)CCCC(C)(C)C1C. The molecular weight excluding hydrogens is 312 g/mol. The number of hydrogen-bond acceptors (Lipinski definition) is 3. The molecule has 1 aromatic carbocycles. The summed E-state index contributed by atoms with van der Waals surface area (Å²) in [5.41, 5.74) is 1.10. The second-order valence-corrected chi connectivity index (χ2v) is 8.64. The number of rotatable bonds is 3. The lowest BCUT2D eigenvalue weighted by atomic mass is 9.53. The lowest BCUT2D eigenvalue weighted by Gasteiger charge is -2.49. The zero-order valence-corrected chi connectivity index (χ0v) is 16.3. The minimum absolute atomic E-state index is 0.0133. The zero-order chi connectivity index (χ0) is 19.2. The van der Waals surface area contributed by atoms with E-state index >= 15 is 0 Å². The van der Waals surface area contributed by atoms with E-state index in [0.717, 1.165) is 19.3 Å². The first kappa shape index (κ1) is 19.7. The van der Waals surface area contributed by atoms with Crippen LogP contribution in [-0.4, -0.2) is 15.3 Å². The van der Waals surface area contributed by atoms with E-state index in [1.54, 1.807) is 6.92 Å². The van der Waals surface area contributed by atoms with Gasteiger partial charge in [-0.25, -0.2) is 0 Å². The van der Waals surface area contributed by atoms with Gasteiger partial charge in [0.15, 0.2) is 11.5 Å². The Morgan fingerprint density at radius 1 is 1.12 bits per heavy atom. The van der Waals surface area contributed by atoms with Crippen molar-refractivity contribution in [3.63, 3.8) is 0 Å². The quantitative estimate of drug-likeness (QED) is 0.534. The van der Waals surface area contributed by atoms with Crippen LogP contribution in [0.15, 0.2) is 6.07 Å². The van der Waals surface area contributed by atoms with Gasteiger partial charge in [-0.15, -0.1) is 6.42 Å². The summed E-state index contributed by atoms with van der Waals surface area (Å²) in [5, 5.41) is 32.0. The summed E-state index contributed by atoms with van der Waals surface area (Å²) >= 11 is 0. The van der Waals surface area contributed by atoms with Crippen LogP contribution >= 0.6 is 0 Å². The summed E-state index contributed by atoms with van der Waals surface area (Å²) in [4.78, 5) is 0. The molecule has 0 spiro atoms. The summed E-state index contributed by atoms with van der Waals surface area (Å²) < 4.78 is 0. The van der Waals surface area contributed by atoms with Crippen molar-refractivity contribution in [2.45, 2.75) is 78.2 Å². The number of aromatic hydroxyl groups is 2. The van der Waals surface area contributed by atoms with Gasteiger partial charge in [-0.1, -0.05) is 47.0 Å². The van der Waals surface area contributed by atoms with Crippen molar-refractivity contribution < 1.29 is 15.3 Å². The standard InChI is InChI=1S/C22H32O3/c1-8-22(11-9-10-21(6,7)15(22)5)18-17(14(4)23)12-16(13(2)3)19(24)20(18)25/h1,12-15,23-25H,9-11H2,2-7H3. The van der Waals surface area contributed by atoms with Gasteiger partial charge in [-0.05, 0) is 48.6 Å². The molecule has 1 fully saturated rings. The fourth-order valence-electron chi connectivity index (χ4n) is 4.47. The number of aliphatic hydroxyl groups is 1. The maximum atomic E-state index is 10.9. The number of phenolic OH excluding ortho intramolecular Hbond substituents is 2. The lowest BCUT2D eigenvalue weighted by Crippen LogP contribution is -2.45. The third-order valence-corrected chi connectivity index (χ3v) is 6.41.